The molecule has 3 rings (SSSR count). The smallest absolute Gasteiger partial charge is 0.325 e. The number of nitrogens with one attached hydrogen (secondary N) is 1. The van der Waals surface area contributed by atoms with Crippen LogP contribution in [0.2, 0.25) is 16.6 Å². The van der Waals surface area contributed by atoms with Crippen molar-refractivity contribution in [3.05, 3.63) is 66.2 Å². The van der Waals surface area contributed by atoms with Gasteiger partial charge in [0, 0.05) is 19.0 Å². The van der Waals surface area contributed by atoms with Gasteiger partial charge in [-0.1, -0.05) is 84.0 Å². The molecule has 3 aromatic carbocycles. The van der Waals surface area contributed by atoms with Gasteiger partial charge in [0.15, 0.2) is 0 Å². The number of hydrogen-bond donors (Lipinski definition) is 1. The van der Waals surface area contributed by atoms with E-state index in [1.54, 1.807) is 39.0 Å². The number of hydrogen-bond acceptors (Lipinski definition) is 8. The second kappa shape index (κ2) is 16.5. The molecule has 0 bridgehead atoms. The summed E-state index contributed by atoms with van der Waals surface area (Å²) < 4.78 is 48.8. The number of carbonyl (C=O) groups excluding carboxylic acids is 2. The largest absolute Gasteiger partial charge is 0.542 e. The monoisotopic (exact) mass is 714 g/mol. The summed E-state index contributed by atoms with van der Waals surface area (Å²) in [5.41, 5.74) is 1.22. The molecule has 0 aliphatic carbocycles. The number of amides is 1. The van der Waals surface area contributed by atoms with Crippen LogP contribution in [0.5, 0.6) is 11.5 Å². The van der Waals surface area contributed by atoms with Gasteiger partial charge in [-0.15, -0.1) is 0 Å². The van der Waals surface area contributed by atoms with Gasteiger partial charge in [-0.2, -0.15) is 4.72 Å². The van der Waals surface area contributed by atoms with Crippen LogP contribution >= 0.6 is 0 Å². The third-order valence-corrected chi connectivity index (χ3v) is 16.2. The van der Waals surface area contributed by atoms with Gasteiger partial charge in [-0.3, -0.25) is 14.4 Å². The molecule has 1 N–H and O–H groups in total. The van der Waals surface area contributed by atoms with Crippen molar-refractivity contribution in [2.45, 2.75) is 108 Å². The third-order valence-electron chi connectivity index (χ3n) is 8.73. The minimum Gasteiger partial charge on any atom is -0.542 e. The standard InChI is InChI=1S/C37H54N2O8SSi/c1-25(2)49(26(3)4,27(5)6)47-32-21-20-28-16-12-13-17-29(28)30(32)22-23-45-33-18-14-15-19-34(33)48(42,43)38-31(24-35(40)39(10)44-11)36(41)46-37(7,8)9/h12-21,25-27,31,38H,22-24H2,1-11H3. The Balaban J connectivity index is 1.95. The van der Waals surface area contributed by atoms with Crippen molar-refractivity contribution in [2.24, 2.45) is 0 Å². The number of fused-ring (bicyclic) bond motifs is 1. The summed E-state index contributed by atoms with van der Waals surface area (Å²) in [6.07, 6.45) is -0.0606. The third kappa shape index (κ3) is 9.84. The molecule has 270 valence electrons. The lowest BCUT2D eigenvalue weighted by molar-refractivity contribution is -0.172. The molecule has 1 atom stereocenters. The zero-order chi connectivity index (χ0) is 36.7. The van der Waals surface area contributed by atoms with E-state index in [1.807, 2.05) is 18.2 Å². The van der Waals surface area contributed by atoms with Crippen LogP contribution in [0.3, 0.4) is 0 Å². The lowest BCUT2D eigenvalue weighted by atomic mass is 10.0. The highest BCUT2D eigenvalue weighted by molar-refractivity contribution is 7.89. The van der Waals surface area contributed by atoms with E-state index in [0.29, 0.717) is 23.0 Å². The van der Waals surface area contributed by atoms with E-state index < -0.39 is 48.3 Å². The molecule has 3 aromatic rings. The van der Waals surface area contributed by atoms with Crippen molar-refractivity contribution in [1.82, 2.24) is 9.79 Å². The average molecular weight is 715 g/mol. The Labute approximate surface area is 293 Å². The molecule has 0 saturated carbocycles. The Bertz CT molecular complexity index is 1680. The maximum Gasteiger partial charge on any atom is 0.325 e. The molecule has 49 heavy (non-hydrogen) atoms. The van der Waals surface area contributed by atoms with Crippen LogP contribution in [0.15, 0.2) is 65.6 Å². The second-order valence-corrected chi connectivity index (χ2v) is 21.3. The Kier molecular flexibility index (Phi) is 13.5. The van der Waals surface area contributed by atoms with E-state index in [2.05, 4.69) is 64.5 Å². The Hall–Kier alpha value is -3.45. The number of esters is 1. The van der Waals surface area contributed by atoms with Crippen molar-refractivity contribution in [3.8, 4) is 11.5 Å². The number of sulfonamides is 1. The van der Waals surface area contributed by atoms with Crippen LogP contribution in [0.4, 0.5) is 0 Å². The SMILES string of the molecule is CON(C)C(=O)CC(NS(=O)(=O)c1ccccc1OCCc1c(O[Si](C(C)C)(C(C)C)C(C)C)ccc2ccccc12)C(=O)OC(C)(C)C. The maximum atomic E-state index is 13.8. The summed E-state index contributed by atoms with van der Waals surface area (Å²) >= 11 is 0. The van der Waals surface area contributed by atoms with Gasteiger partial charge < -0.3 is 13.9 Å². The van der Waals surface area contributed by atoms with Crippen molar-refractivity contribution >= 4 is 41.0 Å². The normalized spacial score (nSPS) is 13.2. The van der Waals surface area contributed by atoms with E-state index in [4.69, 9.17) is 18.7 Å². The van der Waals surface area contributed by atoms with Crippen LogP contribution in [-0.4, -0.2) is 66.1 Å². The molecule has 0 aliphatic rings. The Morgan fingerprint density at radius 3 is 2.04 bits per heavy atom. The molecule has 0 aliphatic heterocycles. The summed E-state index contributed by atoms with van der Waals surface area (Å²) in [5.74, 6) is -0.562. The number of ether oxygens (including phenoxy) is 2. The highest BCUT2D eigenvalue weighted by Crippen LogP contribution is 2.44. The molecule has 0 radical (unpaired) electrons. The van der Waals surface area contributed by atoms with Gasteiger partial charge >= 0.3 is 5.97 Å². The molecule has 1 amide bonds. The molecule has 0 spiro atoms. The van der Waals surface area contributed by atoms with Gasteiger partial charge in [-0.25, -0.2) is 13.5 Å². The molecular weight excluding hydrogens is 661 g/mol. The summed E-state index contributed by atoms with van der Waals surface area (Å²) in [4.78, 5) is 30.5. The lowest BCUT2D eigenvalue weighted by Gasteiger charge is -2.42. The zero-order valence-corrected chi connectivity index (χ0v) is 32.6. The molecule has 0 saturated heterocycles. The van der Waals surface area contributed by atoms with Crippen LogP contribution in [0.1, 0.15) is 74.3 Å². The van der Waals surface area contributed by atoms with E-state index in [9.17, 15) is 18.0 Å². The number of carbonyl (C=O) groups is 2. The highest BCUT2D eigenvalue weighted by Gasteiger charge is 2.47. The molecule has 1 unspecified atom stereocenters. The van der Waals surface area contributed by atoms with Gasteiger partial charge in [0.05, 0.1) is 20.1 Å². The van der Waals surface area contributed by atoms with E-state index in [0.717, 1.165) is 27.1 Å². The fraction of sp³-hybridized carbons (Fsp3) is 0.514. The van der Waals surface area contributed by atoms with E-state index >= 15 is 0 Å². The number of para-hydroxylation sites is 1. The summed E-state index contributed by atoms with van der Waals surface area (Å²) in [7, 11) is -3.99. The van der Waals surface area contributed by atoms with Crippen LogP contribution in [0.25, 0.3) is 10.8 Å². The maximum absolute atomic E-state index is 13.8. The van der Waals surface area contributed by atoms with Crippen molar-refractivity contribution in [2.75, 3.05) is 20.8 Å². The molecule has 0 heterocycles. The first-order chi connectivity index (χ1) is 22.8. The highest BCUT2D eigenvalue weighted by atomic mass is 32.2. The molecular formula is C37H54N2O8SSi. The summed E-state index contributed by atoms with van der Waals surface area (Å²) in [6, 6.07) is 17.0. The van der Waals surface area contributed by atoms with Gasteiger partial charge in [-0.05, 0) is 66.4 Å². The van der Waals surface area contributed by atoms with Crippen LogP contribution in [-0.2, 0) is 35.6 Å². The van der Waals surface area contributed by atoms with Crippen molar-refractivity contribution in [3.63, 3.8) is 0 Å². The predicted molar refractivity (Wildman–Crippen MR) is 196 cm³/mol. The van der Waals surface area contributed by atoms with Gasteiger partial charge in [0.1, 0.15) is 28.0 Å². The fourth-order valence-corrected chi connectivity index (χ4v) is 13.1. The van der Waals surface area contributed by atoms with Crippen LogP contribution in [0, 0.1) is 0 Å². The minimum absolute atomic E-state index is 0.108. The van der Waals surface area contributed by atoms with E-state index in [1.165, 1.54) is 20.2 Å². The fourth-order valence-electron chi connectivity index (χ4n) is 6.47. The number of nitrogens with zero attached hydrogens (tertiary/aromatic N) is 1. The molecule has 10 nitrogen and oxygen atoms in total. The average Bonchev–Trinajstić information content (AvgIpc) is 3.02. The van der Waals surface area contributed by atoms with Gasteiger partial charge in [0.2, 0.25) is 15.9 Å². The summed E-state index contributed by atoms with van der Waals surface area (Å²) in [5, 5.41) is 3.05. The quantitative estimate of drug-likeness (QED) is 0.0926. The first-order valence-electron chi connectivity index (χ1n) is 16.8. The van der Waals surface area contributed by atoms with Crippen LogP contribution < -0.4 is 13.9 Å². The van der Waals surface area contributed by atoms with Crippen molar-refractivity contribution in [1.29, 1.82) is 0 Å². The van der Waals surface area contributed by atoms with E-state index in [-0.39, 0.29) is 17.3 Å². The zero-order valence-electron chi connectivity index (χ0n) is 30.8. The van der Waals surface area contributed by atoms with Crippen molar-refractivity contribution < 1.29 is 36.7 Å². The number of benzene rings is 3. The Morgan fingerprint density at radius 1 is 0.857 bits per heavy atom. The predicted octanol–water partition coefficient (Wildman–Crippen LogP) is 7.41. The number of hydroxylamine groups is 2. The molecule has 12 heteroatoms. The summed E-state index contributed by atoms with van der Waals surface area (Å²) in [6.45, 7) is 18.6. The lowest BCUT2D eigenvalue weighted by Crippen LogP contribution is -2.50. The first-order valence-corrected chi connectivity index (χ1v) is 20.4. The van der Waals surface area contributed by atoms with Gasteiger partial charge in [0.25, 0.3) is 8.32 Å². The second-order valence-electron chi connectivity index (χ2n) is 14.2. The first kappa shape index (κ1) is 40.0. The number of rotatable bonds is 16. The topological polar surface area (TPSA) is 120 Å². The minimum atomic E-state index is -4.37. The Morgan fingerprint density at radius 2 is 1.45 bits per heavy atom. The molecule has 0 aromatic heterocycles. The molecule has 0 fully saturated rings.